The maximum Gasteiger partial charge on any atom is 0.333 e. The molecule has 0 N–H and O–H groups in total. The van der Waals surface area contributed by atoms with Gasteiger partial charge >= 0.3 is 11.9 Å². The number of rotatable bonds is 7. The van der Waals surface area contributed by atoms with Gasteiger partial charge in [0.2, 0.25) is 0 Å². The fourth-order valence-corrected chi connectivity index (χ4v) is 3.74. The molecule has 5 nitrogen and oxygen atoms in total. The Morgan fingerprint density at radius 3 is 2.33 bits per heavy atom. The van der Waals surface area contributed by atoms with Gasteiger partial charge in [0.25, 0.3) is 0 Å². The van der Waals surface area contributed by atoms with Crippen LogP contribution in [-0.2, 0) is 25.7 Å². The van der Waals surface area contributed by atoms with Crippen LogP contribution in [0.25, 0.3) is 0 Å². The number of methoxy groups -OCH3 is 1. The number of carbonyl (C=O) groups is 3. The molecule has 1 saturated carbocycles. The summed E-state index contributed by atoms with van der Waals surface area (Å²) in [6, 6.07) is 16.2. The summed E-state index contributed by atoms with van der Waals surface area (Å²) in [6.07, 6.45) is 1.79. The first-order valence-electron chi connectivity index (χ1n) is 9.87. The van der Waals surface area contributed by atoms with Gasteiger partial charge < -0.3 is 9.47 Å². The smallest absolute Gasteiger partial charge is 0.333 e. The molecule has 0 aromatic heterocycles. The summed E-state index contributed by atoms with van der Waals surface area (Å²) in [4.78, 5) is 36.9. The van der Waals surface area contributed by atoms with E-state index in [0.29, 0.717) is 16.7 Å². The van der Waals surface area contributed by atoms with E-state index in [4.69, 9.17) is 9.47 Å². The zero-order valence-corrected chi connectivity index (χ0v) is 17.7. The minimum absolute atomic E-state index is 0.0735. The topological polar surface area (TPSA) is 69.7 Å². The lowest BCUT2D eigenvalue weighted by Crippen LogP contribution is -2.11. The second-order valence-corrected chi connectivity index (χ2v) is 8.17. The summed E-state index contributed by atoms with van der Waals surface area (Å²) in [5.41, 5.74) is 2.12. The summed E-state index contributed by atoms with van der Waals surface area (Å²) >= 11 is 0. The molecule has 2 atom stereocenters. The van der Waals surface area contributed by atoms with Crippen molar-refractivity contribution in [3.63, 3.8) is 0 Å². The van der Waals surface area contributed by atoms with Crippen molar-refractivity contribution >= 4 is 17.7 Å². The van der Waals surface area contributed by atoms with Gasteiger partial charge in [-0.25, -0.2) is 4.79 Å². The van der Waals surface area contributed by atoms with Crippen molar-refractivity contribution in [3.8, 4) is 0 Å². The van der Waals surface area contributed by atoms with Crippen molar-refractivity contribution in [1.82, 2.24) is 0 Å². The Morgan fingerprint density at radius 1 is 1.00 bits per heavy atom. The van der Waals surface area contributed by atoms with E-state index in [-0.39, 0.29) is 35.6 Å². The van der Waals surface area contributed by atoms with E-state index in [9.17, 15) is 14.4 Å². The maximum atomic E-state index is 12.6. The van der Waals surface area contributed by atoms with Crippen LogP contribution in [-0.4, -0.2) is 24.8 Å². The fourth-order valence-electron chi connectivity index (χ4n) is 3.74. The standard InChI is InChI=1S/C25H26O5/c1-16(23(27)29-4)13-20-21(25(20,2)3)24(28)30-15-17-9-8-12-19(14-17)22(26)18-10-6-5-7-11-18/h5-14,20-21H,15H2,1-4H3/b16-13+. The summed E-state index contributed by atoms with van der Waals surface area (Å²) in [7, 11) is 1.33. The number of ether oxygens (including phenoxy) is 2. The molecule has 30 heavy (non-hydrogen) atoms. The molecule has 0 amide bonds. The van der Waals surface area contributed by atoms with Crippen LogP contribution < -0.4 is 0 Å². The van der Waals surface area contributed by atoms with Crippen LogP contribution in [0.15, 0.2) is 66.2 Å². The Morgan fingerprint density at radius 2 is 1.67 bits per heavy atom. The van der Waals surface area contributed by atoms with Gasteiger partial charge in [0.05, 0.1) is 13.0 Å². The van der Waals surface area contributed by atoms with Crippen molar-refractivity contribution in [2.45, 2.75) is 27.4 Å². The lowest BCUT2D eigenvalue weighted by Gasteiger charge is -2.08. The first-order valence-corrected chi connectivity index (χ1v) is 9.87. The maximum absolute atomic E-state index is 12.6. The Balaban J connectivity index is 1.64. The second-order valence-electron chi connectivity index (χ2n) is 8.17. The van der Waals surface area contributed by atoms with Crippen LogP contribution in [0.5, 0.6) is 0 Å². The molecule has 0 bridgehead atoms. The molecule has 2 aromatic rings. The second kappa shape index (κ2) is 8.66. The van der Waals surface area contributed by atoms with Crippen LogP contribution >= 0.6 is 0 Å². The highest BCUT2D eigenvalue weighted by Crippen LogP contribution is 2.59. The third kappa shape index (κ3) is 4.51. The molecule has 156 valence electrons. The van der Waals surface area contributed by atoms with E-state index in [1.54, 1.807) is 43.3 Å². The Kier molecular flexibility index (Phi) is 6.20. The van der Waals surface area contributed by atoms with Crippen molar-refractivity contribution < 1.29 is 23.9 Å². The molecule has 1 aliphatic carbocycles. The fraction of sp³-hybridized carbons (Fsp3) is 0.320. The molecule has 2 aromatic carbocycles. The van der Waals surface area contributed by atoms with Gasteiger partial charge in [0, 0.05) is 16.7 Å². The van der Waals surface area contributed by atoms with Crippen LogP contribution in [0.2, 0.25) is 0 Å². The molecule has 3 rings (SSSR count). The molecule has 2 unspecified atom stereocenters. The zero-order chi connectivity index (χ0) is 21.9. The van der Waals surface area contributed by atoms with Gasteiger partial charge in [0.1, 0.15) is 6.61 Å². The number of esters is 2. The van der Waals surface area contributed by atoms with Crippen molar-refractivity contribution in [1.29, 1.82) is 0 Å². The third-order valence-corrected chi connectivity index (χ3v) is 5.71. The van der Waals surface area contributed by atoms with Gasteiger partial charge in [-0.05, 0) is 29.9 Å². The molecular weight excluding hydrogens is 380 g/mol. The number of benzene rings is 2. The van der Waals surface area contributed by atoms with Crippen LogP contribution in [0.3, 0.4) is 0 Å². The molecule has 0 spiro atoms. The van der Waals surface area contributed by atoms with E-state index in [2.05, 4.69) is 0 Å². The number of hydrogen-bond donors (Lipinski definition) is 0. The average Bonchev–Trinajstić information content (AvgIpc) is 3.31. The molecular formula is C25H26O5. The highest BCUT2D eigenvalue weighted by molar-refractivity contribution is 6.09. The minimum Gasteiger partial charge on any atom is -0.466 e. The van der Waals surface area contributed by atoms with E-state index in [0.717, 1.165) is 5.56 Å². The summed E-state index contributed by atoms with van der Waals surface area (Å²) in [6.45, 7) is 5.72. The Bertz CT molecular complexity index is 988. The lowest BCUT2D eigenvalue weighted by atomic mass is 10.0. The third-order valence-electron chi connectivity index (χ3n) is 5.71. The largest absolute Gasteiger partial charge is 0.466 e. The van der Waals surface area contributed by atoms with E-state index < -0.39 is 5.97 Å². The SMILES string of the molecule is COC(=O)/C(C)=C/C1C(C(=O)OCc2cccc(C(=O)c3ccccc3)c2)C1(C)C. The monoisotopic (exact) mass is 406 g/mol. The summed E-state index contributed by atoms with van der Waals surface area (Å²) < 4.78 is 10.3. The molecule has 0 aliphatic heterocycles. The quantitative estimate of drug-likeness (QED) is 0.388. The van der Waals surface area contributed by atoms with Gasteiger partial charge in [-0.3, -0.25) is 9.59 Å². The Labute approximate surface area is 176 Å². The highest BCUT2D eigenvalue weighted by Gasteiger charge is 2.61. The lowest BCUT2D eigenvalue weighted by molar-refractivity contribution is -0.147. The van der Waals surface area contributed by atoms with Gasteiger partial charge in [-0.15, -0.1) is 0 Å². The number of hydrogen-bond acceptors (Lipinski definition) is 5. The molecule has 1 aliphatic rings. The van der Waals surface area contributed by atoms with Gasteiger partial charge in [-0.1, -0.05) is 68.5 Å². The first-order chi connectivity index (χ1) is 14.3. The summed E-state index contributed by atoms with van der Waals surface area (Å²) in [5, 5.41) is 0. The van der Waals surface area contributed by atoms with Crippen LogP contribution in [0.4, 0.5) is 0 Å². The molecule has 0 radical (unpaired) electrons. The number of carbonyl (C=O) groups excluding carboxylic acids is 3. The van der Waals surface area contributed by atoms with Crippen LogP contribution in [0, 0.1) is 17.3 Å². The van der Waals surface area contributed by atoms with Crippen molar-refractivity contribution in [2.24, 2.45) is 17.3 Å². The molecule has 0 heterocycles. The van der Waals surface area contributed by atoms with Crippen molar-refractivity contribution in [3.05, 3.63) is 82.9 Å². The summed E-state index contributed by atoms with van der Waals surface area (Å²) in [5.74, 6) is -1.17. The zero-order valence-electron chi connectivity index (χ0n) is 17.7. The minimum atomic E-state index is -0.398. The van der Waals surface area contributed by atoms with Crippen LogP contribution in [0.1, 0.15) is 42.3 Å². The van der Waals surface area contributed by atoms with E-state index in [1.807, 2.05) is 38.1 Å². The van der Waals surface area contributed by atoms with Gasteiger partial charge in [0.15, 0.2) is 5.78 Å². The van der Waals surface area contributed by atoms with Gasteiger partial charge in [-0.2, -0.15) is 0 Å². The molecule has 0 saturated heterocycles. The predicted molar refractivity (Wildman–Crippen MR) is 113 cm³/mol. The van der Waals surface area contributed by atoms with Crippen molar-refractivity contribution in [2.75, 3.05) is 7.11 Å². The Hall–Kier alpha value is -3.21. The molecule has 1 fully saturated rings. The number of ketones is 1. The molecule has 5 heteroatoms. The first kappa shape index (κ1) is 21.5. The average molecular weight is 406 g/mol. The predicted octanol–water partition coefficient (Wildman–Crippen LogP) is 4.35. The highest BCUT2D eigenvalue weighted by atomic mass is 16.5. The normalized spacial score (nSPS) is 19.7. The van der Waals surface area contributed by atoms with E-state index >= 15 is 0 Å². The number of allylic oxidation sites excluding steroid dienone is 1. The van der Waals surface area contributed by atoms with E-state index in [1.165, 1.54) is 7.11 Å².